The van der Waals surface area contributed by atoms with E-state index in [9.17, 15) is 4.79 Å². The van der Waals surface area contributed by atoms with Crippen molar-refractivity contribution in [3.8, 4) is 0 Å². The van der Waals surface area contributed by atoms with Gasteiger partial charge in [0.1, 0.15) is 0 Å². The van der Waals surface area contributed by atoms with Crippen molar-refractivity contribution in [3.05, 3.63) is 0 Å². The third-order valence-electron chi connectivity index (χ3n) is 4.24. The Morgan fingerprint density at radius 2 is 2.15 bits per heavy atom. The molecule has 1 heterocycles. The van der Waals surface area contributed by atoms with Crippen LogP contribution in [0.3, 0.4) is 0 Å². The number of rotatable bonds is 0. The van der Waals surface area contributed by atoms with Crippen LogP contribution < -0.4 is 5.32 Å². The lowest BCUT2D eigenvalue weighted by molar-refractivity contribution is -0.120. The number of hydrogen-bond donors (Lipinski definition) is 1. The van der Waals surface area contributed by atoms with E-state index in [1.807, 2.05) is 0 Å². The Bertz CT molecular complexity index is 226. The van der Waals surface area contributed by atoms with Crippen molar-refractivity contribution in [1.82, 2.24) is 5.32 Å². The van der Waals surface area contributed by atoms with Crippen molar-refractivity contribution >= 4 is 5.91 Å². The molecule has 74 valence electrons. The van der Waals surface area contributed by atoms with E-state index in [0.717, 1.165) is 12.3 Å². The SMILES string of the molecule is CC1CCCCC12CC(=O)NC2C. The Morgan fingerprint density at radius 1 is 1.38 bits per heavy atom. The highest BCUT2D eigenvalue weighted by Crippen LogP contribution is 2.48. The van der Waals surface area contributed by atoms with E-state index in [0.29, 0.717) is 11.5 Å². The van der Waals surface area contributed by atoms with E-state index in [1.165, 1.54) is 25.7 Å². The number of carbonyl (C=O) groups is 1. The van der Waals surface area contributed by atoms with Gasteiger partial charge in [0.05, 0.1) is 0 Å². The van der Waals surface area contributed by atoms with Crippen LogP contribution in [0.5, 0.6) is 0 Å². The van der Waals surface area contributed by atoms with Gasteiger partial charge in [-0.15, -0.1) is 0 Å². The minimum atomic E-state index is 0.265. The molecule has 0 aromatic rings. The van der Waals surface area contributed by atoms with Crippen molar-refractivity contribution in [2.75, 3.05) is 0 Å². The zero-order valence-electron chi connectivity index (χ0n) is 8.60. The molecule has 13 heavy (non-hydrogen) atoms. The predicted molar refractivity (Wildman–Crippen MR) is 52.3 cm³/mol. The van der Waals surface area contributed by atoms with E-state index in [2.05, 4.69) is 19.2 Å². The fourth-order valence-electron chi connectivity index (χ4n) is 3.23. The van der Waals surface area contributed by atoms with Crippen LogP contribution in [0, 0.1) is 11.3 Å². The van der Waals surface area contributed by atoms with Gasteiger partial charge in [-0.1, -0.05) is 26.2 Å². The molecule has 2 rings (SSSR count). The summed E-state index contributed by atoms with van der Waals surface area (Å²) in [6, 6.07) is 0.398. The maximum atomic E-state index is 11.4. The van der Waals surface area contributed by atoms with Crippen molar-refractivity contribution in [2.24, 2.45) is 11.3 Å². The fourth-order valence-corrected chi connectivity index (χ4v) is 3.23. The highest BCUT2D eigenvalue weighted by Gasteiger charge is 2.48. The highest BCUT2D eigenvalue weighted by molar-refractivity contribution is 5.80. The lowest BCUT2D eigenvalue weighted by Crippen LogP contribution is -2.41. The number of amides is 1. The molecule has 0 radical (unpaired) electrons. The lowest BCUT2D eigenvalue weighted by Gasteiger charge is -2.41. The van der Waals surface area contributed by atoms with E-state index in [4.69, 9.17) is 0 Å². The Morgan fingerprint density at radius 3 is 2.69 bits per heavy atom. The van der Waals surface area contributed by atoms with Gasteiger partial charge in [0.15, 0.2) is 0 Å². The Kier molecular flexibility index (Phi) is 2.09. The van der Waals surface area contributed by atoms with Crippen molar-refractivity contribution < 1.29 is 4.79 Å². The van der Waals surface area contributed by atoms with Crippen molar-refractivity contribution in [1.29, 1.82) is 0 Å². The molecule has 1 spiro atoms. The minimum absolute atomic E-state index is 0.265. The quantitative estimate of drug-likeness (QED) is 0.609. The smallest absolute Gasteiger partial charge is 0.220 e. The zero-order valence-corrected chi connectivity index (χ0v) is 8.60. The normalized spacial score (nSPS) is 45.2. The Hall–Kier alpha value is -0.530. The van der Waals surface area contributed by atoms with Crippen LogP contribution in [0.15, 0.2) is 0 Å². The molecular formula is C11H19NO. The zero-order chi connectivity index (χ0) is 9.47. The van der Waals surface area contributed by atoms with Gasteiger partial charge in [0, 0.05) is 17.9 Å². The second-order valence-electron chi connectivity index (χ2n) is 4.85. The summed E-state index contributed by atoms with van der Waals surface area (Å²) in [5.41, 5.74) is 0.301. The largest absolute Gasteiger partial charge is 0.353 e. The molecule has 0 bridgehead atoms. The summed E-state index contributed by atoms with van der Waals surface area (Å²) in [6.45, 7) is 4.49. The second kappa shape index (κ2) is 3.00. The summed E-state index contributed by atoms with van der Waals surface area (Å²) in [5.74, 6) is 0.983. The van der Waals surface area contributed by atoms with Gasteiger partial charge < -0.3 is 5.32 Å². The van der Waals surface area contributed by atoms with E-state index >= 15 is 0 Å². The molecule has 3 unspecified atom stereocenters. The topological polar surface area (TPSA) is 29.1 Å². The molecule has 0 aromatic carbocycles. The van der Waals surface area contributed by atoms with Crippen LogP contribution in [0.25, 0.3) is 0 Å². The predicted octanol–water partition coefficient (Wildman–Crippen LogP) is 2.09. The summed E-state index contributed by atoms with van der Waals surface area (Å²) in [6.07, 6.45) is 5.98. The van der Waals surface area contributed by atoms with Gasteiger partial charge in [-0.05, 0) is 19.3 Å². The first kappa shape index (κ1) is 9.04. The summed E-state index contributed by atoms with van der Waals surface area (Å²) >= 11 is 0. The van der Waals surface area contributed by atoms with Crippen LogP contribution in [0.1, 0.15) is 46.0 Å². The molecule has 2 nitrogen and oxygen atoms in total. The molecule has 1 aliphatic carbocycles. The molecule has 1 saturated carbocycles. The Labute approximate surface area is 80.1 Å². The minimum Gasteiger partial charge on any atom is -0.353 e. The molecule has 1 aliphatic heterocycles. The molecule has 2 heteroatoms. The van der Waals surface area contributed by atoms with Gasteiger partial charge in [-0.25, -0.2) is 0 Å². The fraction of sp³-hybridized carbons (Fsp3) is 0.909. The third-order valence-corrected chi connectivity index (χ3v) is 4.24. The van der Waals surface area contributed by atoms with Crippen molar-refractivity contribution in [3.63, 3.8) is 0 Å². The second-order valence-corrected chi connectivity index (χ2v) is 4.85. The molecule has 1 N–H and O–H groups in total. The number of hydrogen-bond acceptors (Lipinski definition) is 1. The van der Waals surface area contributed by atoms with Crippen LogP contribution in [-0.4, -0.2) is 11.9 Å². The molecular weight excluding hydrogens is 162 g/mol. The summed E-state index contributed by atoms with van der Waals surface area (Å²) in [5, 5.41) is 3.07. The van der Waals surface area contributed by atoms with Crippen LogP contribution in [0.2, 0.25) is 0 Å². The first-order valence-electron chi connectivity index (χ1n) is 5.44. The van der Waals surface area contributed by atoms with Gasteiger partial charge in [0.25, 0.3) is 0 Å². The van der Waals surface area contributed by atoms with E-state index in [-0.39, 0.29) is 5.91 Å². The van der Waals surface area contributed by atoms with Crippen LogP contribution >= 0.6 is 0 Å². The van der Waals surface area contributed by atoms with Gasteiger partial charge in [-0.2, -0.15) is 0 Å². The third kappa shape index (κ3) is 1.27. The molecule has 1 amide bonds. The van der Waals surface area contributed by atoms with Gasteiger partial charge in [-0.3, -0.25) is 4.79 Å². The molecule has 2 fully saturated rings. The summed E-state index contributed by atoms with van der Waals surface area (Å²) in [4.78, 5) is 11.4. The van der Waals surface area contributed by atoms with E-state index < -0.39 is 0 Å². The van der Waals surface area contributed by atoms with Crippen LogP contribution in [0.4, 0.5) is 0 Å². The molecule has 0 aromatic heterocycles. The molecule has 1 saturated heterocycles. The first-order chi connectivity index (χ1) is 6.15. The summed E-state index contributed by atoms with van der Waals surface area (Å²) in [7, 11) is 0. The Balaban J connectivity index is 2.21. The monoisotopic (exact) mass is 181 g/mol. The average molecular weight is 181 g/mol. The standard InChI is InChI=1S/C11H19NO/c1-8-5-3-4-6-11(8)7-10(13)12-9(11)2/h8-9H,3-7H2,1-2H3,(H,12,13). The van der Waals surface area contributed by atoms with Gasteiger partial charge >= 0.3 is 0 Å². The van der Waals surface area contributed by atoms with E-state index in [1.54, 1.807) is 0 Å². The van der Waals surface area contributed by atoms with Gasteiger partial charge in [0.2, 0.25) is 5.91 Å². The maximum Gasteiger partial charge on any atom is 0.220 e. The highest BCUT2D eigenvalue weighted by atomic mass is 16.2. The number of nitrogens with one attached hydrogen (secondary N) is 1. The molecule has 2 aliphatic rings. The average Bonchev–Trinajstić information content (AvgIpc) is 2.35. The maximum absolute atomic E-state index is 11.4. The lowest BCUT2D eigenvalue weighted by atomic mass is 9.63. The summed E-state index contributed by atoms with van der Waals surface area (Å²) < 4.78 is 0. The molecule has 3 atom stereocenters. The van der Waals surface area contributed by atoms with Crippen LogP contribution in [-0.2, 0) is 4.79 Å². The first-order valence-corrected chi connectivity index (χ1v) is 5.44. The van der Waals surface area contributed by atoms with Crippen molar-refractivity contribution in [2.45, 2.75) is 52.0 Å². The number of carbonyl (C=O) groups excluding carboxylic acids is 1.